The van der Waals surface area contributed by atoms with Gasteiger partial charge in [-0.1, -0.05) is 57.2 Å². The summed E-state index contributed by atoms with van der Waals surface area (Å²) in [5, 5.41) is 2.97. The van der Waals surface area contributed by atoms with E-state index in [-0.39, 0.29) is 24.0 Å². The number of hydrogen-bond donors (Lipinski definition) is 1. The lowest BCUT2D eigenvalue weighted by Gasteiger charge is -2.26. The van der Waals surface area contributed by atoms with E-state index in [1.165, 1.54) is 11.1 Å². The minimum absolute atomic E-state index is 0.0521. The van der Waals surface area contributed by atoms with Crippen molar-refractivity contribution < 1.29 is 14.3 Å². The minimum Gasteiger partial charge on any atom is -0.493 e. The van der Waals surface area contributed by atoms with Crippen LogP contribution in [0.3, 0.4) is 0 Å². The van der Waals surface area contributed by atoms with Gasteiger partial charge in [-0.25, -0.2) is 0 Å². The van der Waals surface area contributed by atoms with Crippen LogP contribution in [0.4, 0.5) is 0 Å². The molecule has 0 fully saturated rings. The highest BCUT2D eigenvalue weighted by Crippen LogP contribution is 2.26. The van der Waals surface area contributed by atoms with Crippen LogP contribution >= 0.6 is 0 Å². The summed E-state index contributed by atoms with van der Waals surface area (Å²) >= 11 is 0. The maximum absolute atomic E-state index is 12.3. The molecule has 1 atom stereocenters. The van der Waals surface area contributed by atoms with Crippen molar-refractivity contribution in [3.63, 3.8) is 0 Å². The average Bonchev–Trinajstić information content (AvgIpc) is 2.66. The number of amides is 1. The van der Waals surface area contributed by atoms with E-state index in [0.29, 0.717) is 18.0 Å². The lowest BCUT2D eigenvalue weighted by molar-refractivity contribution is -0.123. The van der Waals surface area contributed by atoms with E-state index in [1.807, 2.05) is 26.2 Å². The molecule has 2 aromatic carbocycles. The number of likely N-dealkylation sites (N-methyl/N-ethyl adjacent to an activating group) is 1. The number of hydrogen-bond acceptors (Lipinski definition) is 4. The van der Waals surface area contributed by atoms with Gasteiger partial charge in [0.15, 0.2) is 18.1 Å². The molecule has 5 nitrogen and oxygen atoms in total. The van der Waals surface area contributed by atoms with Crippen molar-refractivity contribution >= 4 is 5.91 Å². The predicted octanol–water partition coefficient (Wildman–Crippen LogP) is 3.79. The number of benzene rings is 2. The summed E-state index contributed by atoms with van der Waals surface area (Å²) in [6.45, 7) is 7.06. The first-order chi connectivity index (χ1) is 13.2. The van der Waals surface area contributed by atoms with Gasteiger partial charge in [0.2, 0.25) is 0 Å². The molecule has 0 aliphatic rings. The Morgan fingerprint density at radius 3 is 2.18 bits per heavy atom. The van der Waals surface area contributed by atoms with Crippen molar-refractivity contribution in [1.82, 2.24) is 10.2 Å². The largest absolute Gasteiger partial charge is 0.493 e. The lowest BCUT2D eigenvalue weighted by Crippen LogP contribution is -2.37. The van der Waals surface area contributed by atoms with Gasteiger partial charge < -0.3 is 19.7 Å². The van der Waals surface area contributed by atoms with Crippen LogP contribution in [-0.2, 0) is 10.2 Å². The second-order valence-electron chi connectivity index (χ2n) is 8.10. The van der Waals surface area contributed by atoms with Crippen LogP contribution in [0.1, 0.15) is 37.9 Å². The van der Waals surface area contributed by atoms with Crippen LogP contribution in [0.2, 0.25) is 0 Å². The molecule has 1 N–H and O–H groups in total. The number of para-hydroxylation sites is 2. The molecule has 0 saturated carbocycles. The summed E-state index contributed by atoms with van der Waals surface area (Å²) in [5.74, 6) is 1.01. The number of methoxy groups -OCH3 is 1. The highest BCUT2D eigenvalue weighted by molar-refractivity contribution is 5.77. The van der Waals surface area contributed by atoms with Gasteiger partial charge in [-0.3, -0.25) is 4.79 Å². The summed E-state index contributed by atoms with van der Waals surface area (Å²) in [6.07, 6.45) is 0. The van der Waals surface area contributed by atoms with Gasteiger partial charge in [-0.2, -0.15) is 0 Å². The Morgan fingerprint density at radius 2 is 1.64 bits per heavy atom. The third-order valence-electron chi connectivity index (χ3n) is 4.71. The Bertz CT molecular complexity index is 764. The second-order valence-corrected chi connectivity index (χ2v) is 8.10. The van der Waals surface area contributed by atoms with E-state index < -0.39 is 0 Å². The standard InChI is InChI=1S/C23H32N2O3/c1-23(2,3)18-13-11-17(12-14-18)19(25(4)5)15-24-22(26)16-28-21-10-8-7-9-20(21)27-6/h7-14,19H,15-16H2,1-6H3,(H,24,26)/t19-/m0/s1. The molecule has 0 bridgehead atoms. The molecule has 0 saturated heterocycles. The molecule has 5 heteroatoms. The first kappa shape index (κ1) is 21.8. The number of ether oxygens (including phenoxy) is 2. The number of nitrogens with zero attached hydrogens (tertiary/aromatic N) is 1. The van der Waals surface area contributed by atoms with Crippen molar-refractivity contribution in [3.05, 3.63) is 59.7 Å². The molecule has 0 aliphatic heterocycles. The molecule has 2 aromatic rings. The molecular formula is C23H32N2O3. The van der Waals surface area contributed by atoms with E-state index in [2.05, 4.69) is 55.3 Å². The SMILES string of the molecule is COc1ccccc1OCC(=O)NC[C@@H](c1ccc(C(C)(C)C)cc1)N(C)C. The van der Waals surface area contributed by atoms with Crippen molar-refractivity contribution in [2.45, 2.75) is 32.2 Å². The summed E-state index contributed by atoms with van der Waals surface area (Å²) < 4.78 is 10.8. The average molecular weight is 385 g/mol. The Hall–Kier alpha value is -2.53. The minimum atomic E-state index is -0.163. The monoisotopic (exact) mass is 384 g/mol. The normalized spacial score (nSPS) is 12.5. The summed E-state index contributed by atoms with van der Waals surface area (Å²) in [7, 11) is 5.61. The highest BCUT2D eigenvalue weighted by atomic mass is 16.5. The van der Waals surface area contributed by atoms with Gasteiger partial charge in [0.05, 0.1) is 13.2 Å². The third kappa shape index (κ3) is 5.99. The van der Waals surface area contributed by atoms with Crippen molar-refractivity contribution in [2.75, 3.05) is 34.4 Å². The molecule has 2 rings (SSSR count). The van der Waals surface area contributed by atoms with Gasteiger partial charge in [-0.05, 0) is 42.8 Å². The van der Waals surface area contributed by atoms with E-state index >= 15 is 0 Å². The van der Waals surface area contributed by atoms with Crippen molar-refractivity contribution in [3.8, 4) is 11.5 Å². The number of carbonyl (C=O) groups excluding carboxylic acids is 1. The maximum Gasteiger partial charge on any atom is 0.258 e. The Morgan fingerprint density at radius 1 is 1.04 bits per heavy atom. The van der Waals surface area contributed by atoms with E-state index in [1.54, 1.807) is 19.2 Å². The predicted molar refractivity (Wildman–Crippen MR) is 113 cm³/mol. The smallest absolute Gasteiger partial charge is 0.258 e. The fourth-order valence-corrected chi connectivity index (χ4v) is 2.95. The fraction of sp³-hybridized carbons (Fsp3) is 0.435. The third-order valence-corrected chi connectivity index (χ3v) is 4.71. The van der Waals surface area contributed by atoms with E-state index in [4.69, 9.17) is 9.47 Å². The van der Waals surface area contributed by atoms with Crippen molar-refractivity contribution in [1.29, 1.82) is 0 Å². The van der Waals surface area contributed by atoms with Crippen LogP contribution in [0.15, 0.2) is 48.5 Å². The topological polar surface area (TPSA) is 50.8 Å². The van der Waals surface area contributed by atoms with E-state index in [0.717, 1.165) is 0 Å². The van der Waals surface area contributed by atoms with Crippen LogP contribution < -0.4 is 14.8 Å². The fourth-order valence-electron chi connectivity index (χ4n) is 2.95. The molecule has 0 radical (unpaired) electrons. The molecule has 0 aliphatic carbocycles. The molecule has 0 aromatic heterocycles. The zero-order valence-electron chi connectivity index (χ0n) is 17.8. The molecule has 152 valence electrons. The van der Waals surface area contributed by atoms with E-state index in [9.17, 15) is 4.79 Å². The summed E-state index contributed by atoms with van der Waals surface area (Å²) in [5.41, 5.74) is 2.59. The summed E-state index contributed by atoms with van der Waals surface area (Å²) in [6, 6.07) is 16.0. The van der Waals surface area contributed by atoms with Gasteiger partial charge >= 0.3 is 0 Å². The number of rotatable bonds is 8. The first-order valence-electron chi connectivity index (χ1n) is 9.51. The number of nitrogens with one attached hydrogen (secondary N) is 1. The van der Waals surface area contributed by atoms with Crippen LogP contribution in [0.25, 0.3) is 0 Å². The van der Waals surface area contributed by atoms with Crippen molar-refractivity contribution in [2.24, 2.45) is 0 Å². The first-order valence-corrected chi connectivity index (χ1v) is 9.51. The zero-order chi connectivity index (χ0) is 20.7. The maximum atomic E-state index is 12.3. The van der Waals surface area contributed by atoms with Crippen LogP contribution in [-0.4, -0.2) is 45.2 Å². The van der Waals surface area contributed by atoms with Gasteiger partial charge in [0, 0.05) is 6.54 Å². The second kappa shape index (κ2) is 9.60. The highest BCUT2D eigenvalue weighted by Gasteiger charge is 2.18. The summed E-state index contributed by atoms with van der Waals surface area (Å²) in [4.78, 5) is 14.4. The van der Waals surface area contributed by atoms with Gasteiger partial charge in [-0.15, -0.1) is 0 Å². The molecule has 28 heavy (non-hydrogen) atoms. The van der Waals surface area contributed by atoms with Crippen LogP contribution in [0, 0.1) is 0 Å². The Balaban J connectivity index is 1.94. The molecule has 0 spiro atoms. The van der Waals surface area contributed by atoms with Crippen LogP contribution in [0.5, 0.6) is 11.5 Å². The number of carbonyl (C=O) groups is 1. The quantitative estimate of drug-likeness (QED) is 0.752. The van der Waals surface area contributed by atoms with Gasteiger partial charge in [0.1, 0.15) is 0 Å². The molecule has 0 heterocycles. The molecular weight excluding hydrogens is 352 g/mol. The van der Waals surface area contributed by atoms with Gasteiger partial charge in [0.25, 0.3) is 5.91 Å². The zero-order valence-corrected chi connectivity index (χ0v) is 17.8. The molecule has 0 unspecified atom stereocenters. The Kier molecular flexibility index (Phi) is 7.46. The lowest BCUT2D eigenvalue weighted by atomic mass is 9.86. The molecule has 1 amide bonds. The Labute approximate surface area is 168 Å².